The second-order valence-corrected chi connectivity index (χ2v) is 4.08. The normalized spacial score (nSPS) is 17.1. The van der Waals surface area contributed by atoms with Crippen molar-refractivity contribution in [3.63, 3.8) is 0 Å². The van der Waals surface area contributed by atoms with E-state index in [1.165, 1.54) is 0 Å². The first-order valence-electron chi connectivity index (χ1n) is 4.89. The second-order valence-electron chi connectivity index (χ2n) is 4.08. The molecule has 0 saturated heterocycles. The zero-order valence-electron chi connectivity index (χ0n) is 9.05. The lowest BCUT2D eigenvalue weighted by atomic mass is 9.84. The molecule has 2 N–H and O–H groups in total. The first-order valence-corrected chi connectivity index (χ1v) is 4.89. The van der Waals surface area contributed by atoms with Crippen LogP contribution in [-0.4, -0.2) is 6.54 Å². The van der Waals surface area contributed by atoms with Crippen LogP contribution in [-0.2, 0) is 0 Å². The molecular formula is C12H15FN2. The van der Waals surface area contributed by atoms with Crippen molar-refractivity contribution in [1.82, 2.24) is 0 Å². The molecule has 1 rings (SSSR count). The first kappa shape index (κ1) is 11.7. The van der Waals surface area contributed by atoms with Gasteiger partial charge in [0.05, 0.1) is 11.5 Å². The van der Waals surface area contributed by atoms with Gasteiger partial charge in [0.2, 0.25) is 0 Å². The molecule has 80 valence electrons. The van der Waals surface area contributed by atoms with Crippen LogP contribution < -0.4 is 5.73 Å². The Morgan fingerprint density at radius 1 is 1.53 bits per heavy atom. The molecule has 0 aromatic rings. The van der Waals surface area contributed by atoms with Gasteiger partial charge in [-0.1, -0.05) is 18.2 Å². The maximum atomic E-state index is 13.7. The van der Waals surface area contributed by atoms with E-state index < -0.39 is 5.41 Å². The van der Waals surface area contributed by atoms with Crippen LogP contribution in [0.3, 0.4) is 0 Å². The highest BCUT2D eigenvalue weighted by atomic mass is 19.1. The van der Waals surface area contributed by atoms with Gasteiger partial charge in [0.1, 0.15) is 5.83 Å². The summed E-state index contributed by atoms with van der Waals surface area (Å²) in [7, 11) is 0. The number of nitrogens with zero attached hydrogens (tertiary/aromatic N) is 1. The van der Waals surface area contributed by atoms with E-state index in [0.29, 0.717) is 12.1 Å². The van der Waals surface area contributed by atoms with Gasteiger partial charge in [-0.3, -0.25) is 0 Å². The van der Waals surface area contributed by atoms with Crippen molar-refractivity contribution in [3.8, 4) is 6.07 Å². The fraction of sp³-hybridized carbons (Fsp3) is 0.417. The van der Waals surface area contributed by atoms with Crippen molar-refractivity contribution >= 4 is 0 Å². The van der Waals surface area contributed by atoms with Crippen LogP contribution in [0.4, 0.5) is 4.39 Å². The summed E-state index contributed by atoms with van der Waals surface area (Å²) in [5.41, 5.74) is 6.03. The fourth-order valence-corrected chi connectivity index (χ4v) is 1.44. The van der Waals surface area contributed by atoms with Gasteiger partial charge in [-0.05, 0) is 19.4 Å². The van der Waals surface area contributed by atoms with Crippen molar-refractivity contribution in [2.24, 2.45) is 11.1 Å². The molecule has 2 nitrogen and oxygen atoms in total. The van der Waals surface area contributed by atoms with Crippen molar-refractivity contribution in [2.45, 2.75) is 20.3 Å². The standard InChI is InChI=1S/C12H15FN2/c1-12(2,8-15)10-5-3-9(7-14)4-6-11(10)13/h3-5H,6-7,14H2,1-2H3. The van der Waals surface area contributed by atoms with Crippen LogP contribution >= 0.6 is 0 Å². The van der Waals surface area contributed by atoms with E-state index >= 15 is 0 Å². The molecule has 0 atom stereocenters. The van der Waals surface area contributed by atoms with Gasteiger partial charge in [-0.15, -0.1) is 0 Å². The van der Waals surface area contributed by atoms with E-state index in [2.05, 4.69) is 6.07 Å². The molecule has 0 spiro atoms. The largest absolute Gasteiger partial charge is 0.327 e. The Labute approximate surface area is 89.6 Å². The molecule has 0 radical (unpaired) electrons. The molecule has 0 unspecified atom stereocenters. The van der Waals surface area contributed by atoms with E-state index in [1.807, 2.05) is 0 Å². The quantitative estimate of drug-likeness (QED) is 0.755. The lowest BCUT2D eigenvalue weighted by molar-refractivity contribution is 0.537. The monoisotopic (exact) mass is 206 g/mol. The van der Waals surface area contributed by atoms with Gasteiger partial charge in [0.25, 0.3) is 0 Å². The molecule has 0 fully saturated rings. The number of hydrogen-bond acceptors (Lipinski definition) is 2. The minimum absolute atomic E-state index is 0.222. The third kappa shape index (κ3) is 2.54. The molecule has 0 aromatic carbocycles. The molecule has 0 saturated carbocycles. The number of rotatable bonds is 2. The van der Waals surface area contributed by atoms with E-state index in [9.17, 15) is 4.39 Å². The number of halogens is 1. The molecule has 0 aromatic heterocycles. The molecular weight excluding hydrogens is 191 g/mol. The maximum Gasteiger partial charge on any atom is 0.108 e. The van der Waals surface area contributed by atoms with Crippen LogP contribution in [0.2, 0.25) is 0 Å². The predicted octanol–water partition coefficient (Wildman–Crippen LogP) is 2.60. The van der Waals surface area contributed by atoms with Crippen LogP contribution in [0.25, 0.3) is 0 Å². The van der Waals surface area contributed by atoms with Crippen LogP contribution in [0.5, 0.6) is 0 Å². The zero-order valence-corrected chi connectivity index (χ0v) is 9.05. The Balaban J connectivity index is 3.08. The first-order chi connectivity index (χ1) is 7.01. The topological polar surface area (TPSA) is 49.8 Å². The fourth-order valence-electron chi connectivity index (χ4n) is 1.44. The van der Waals surface area contributed by atoms with Gasteiger partial charge in [-0.2, -0.15) is 5.26 Å². The summed E-state index contributed by atoms with van der Waals surface area (Å²) < 4.78 is 13.7. The summed E-state index contributed by atoms with van der Waals surface area (Å²) in [5.74, 6) is -0.249. The molecule has 15 heavy (non-hydrogen) atoms. The van der Waals surface area contributed by atoms with Crippen molar-refractivity contribution < 1.29 is 4.39 Å². The number of allylic oxidation sites excluding steroid dienone is 4. The number of nitrogens with two attached hydrogens (primary N) is 1. The summed E-state index contributed by atoms with van der Waals surface area (Å²) in [6, 6.07) is 2.10. The highest BCUT2D eigenvalue weighted by Gasteiger charge is 2.25. The molecule has 0 heterocycles. The Bertz CT molecular complexity index is 381. The number of hydrogen-bond donors (Lipinski definition) is 1. The van der Waals surface area contributed by atoms with Gasteiger partial charge < -0.3 is 5.73 Å². The summed E-state index contributed by atoms with van der Waals surface area (Å²) in [6.07, 6.45) is 5.41. The van der Waals surface area contributed by atoms with E-state index in [0.717, 1.165) is 5.57 Å². The SMILES string of the molecule is CC(C)(C#N)C1=C(F)CC=C(CN)C=C1. The number of nitriles is 1. The van der Waals surface area contributed by atoms with Crippen LogP contribution in [0, 0.1) is 16.7 Å². The Morgan fingerprint density at radius 2 is 2.20 bits per heavy atom. The highest BCUT2D eigenvalue weighted by Crippen LogP contribution is 2.33. The Kier molecular flexibility index (Phi) is 3.43. The average Bonchev–Trinajstić information content (AvgIpc) is 2.40. The van der Waals surface area contributed by atoms with Gasteiger partial charge >= 0.3 is 0 Å². The Morgan fingerprint density at radius 3 is 2.73 bits per heavy atom. The zero-order chi connectivity index (χ0) is 11.5. The van der Waals surface area contributed by atoms with E-state index in [4.69, 9.17) is 11.0 Å². The summed E-state index contributed by atoms with van der Waals surface area (Å²) in [5, 5.41) is 8.95. The molecule has 0 amide bonds. The van der Waals surface area contributed by atoms with Crippen LogP contribution in [0.1, 0.15) is 20.3 Å². The van der Waals surface area contributed by atoms with Crippen molar-refractivity contribution in [3.05, 3.63) is 35.2 Å². The highest BCUT2D eigenvalue weighted by molar-refractivity contribution is 5.40. The average molecular weight is 206 g/mol. The third-order valence-electron chi connectivity index (χ3n) is 2.49. The van der Waals surface area contributed by atoms with E-state index in [1.54, 1.807) is 32.1 Å². The summed E-state index contributed by atoms with van der Waals surface area (Å²) in [6.45, 7) is 3.81. The van der Waals surface area contributed by atoms with Crippen molar-refractivity contribution in [2.75, 3.05) is 6.54 Å². The minimum Gasteiger partial charge on any atom is -0.327 e. The minimum atomic E-state index is -0.793. The molecule has 3 heteroatoms. The van der Waals surface area contributed by atoms with Gasteiger partial charge in [0, 0.05) is 18.5 Å². The molecule has 1 aliphatic rings. The maximum absolute atomic E-state index is 13.7. The van der Waals surface area contributed by atoms with Gasteiger partial charge in [-0.25, -0.2) is 4.39 Å². The second kappa shape index (κ2) is 4.41. The smallest absolute Gasteiger partial charge is 0.108 e. The predicted molar refractivity (Wildman–Crippen MR) is 58.4 cm³/mol. The van der Waals surface area contributed by atoms with Crippen molar-refractivity contribution in [1.29, 1.82) is 5.26 Å². The molecule has 1 aliphatic carbocycles. The lowest BCUT2D eigenvalue weighted by Gasteiger charge is -2.17. The molecule has 0 bridgehead atoms. The lowest BCUT2D eigenvalue weighted by Crippen LogP contribution is -2.11. The van der Waals surface area contributed by atoms with Crippen LogP contribution in [0.15, 0.2) is 35.2 Å². The molecule has 0 aliphatic heterocycles. The Hall–Kier alpha value is -1.40. The summed E-state index contributed by atoms with van der Waals surface area (Å²) >= 11 is 0. The van der Waals surface area contributed by atoms with Gasteiger partial charge in [0.15, 0.2) is 0 Å². The third-order valence-corrected chi connectivity index (χ3v) is 2.49. The van der Waals surface area contributed by atoms with E-state index in [-0.39, 0.29) is 12.2 Å². The summed E-state index contributed by atoms with van der Waals surface area (Å²) in [4.78, 5) is 0.